The maximum absolute atomic E-state index is 6.07. The van der Waals surface area contributed by atoms with Crippen LogP contribution in [0.25, 0.3) is 11.4 Å². The summed E-state index contributed by atoms with van der Waals surface area (Å²) in [5.74, 6) is 1.72. The van der Waals surface area contributed by atoms with Crippen molar-refractivity contribution in [3.05, 3.63) is 22.2 Å². The van der Waals surface area contributed by atoms with Gasteiger partial charge in [0.05, 0.1) is 6.54 Å². The van der Waals surface area contributed by atoms with E-state index >= 15 is 0 Å². The fourth-order valence-electron chi connectivity index (χ4n) is 3.29. The molecule has 1 heterocycles. The van der Waals surface area contributed by atoms with Gasteiger partial charge in [-0.25, -0.2) is 4.68 Å². The lowest BCUT2D eigenvalue weighted by Gasteiger charge is -2.15. The number of benzene rings is 1. The van der Waals surface area contributed by atoms with Gasteiger partial charge >= 0.3 is 0 Å². The van der Waals surface area contributed by atoms with Crippen LogP contribution in [0.2, 0.25) is 0 Å². The van der Waals surface area contributed by atoms with E-state index in [1.807, 2.05) is 23.7 Å². The van der Waals surface area contributed by atoms with Crippen LogP contribution < -0.4 is 5.73 Å². The summed E-state index contributed by atoms with van der Waals surface area (Å²) in [7, 11) is 0. The monoisotopic (exact) mass is 347 g/mol. The lowest BCUT2D eigenvalue weighted by molar-refractivity contribution is 0.348. The van der Waals surface area contributed by atoms with Crippen molar-refractivity contribution in [3.63, 3.8) is 0 Å². The van der Waals surface area contributed by atoms with Gasteiger partial charge in [-0.1, -0.05) is 15.9 Å². The molecule has 0 amide bonds. The van der Waals surface area contributed by atoms with Gasteiger partial charge in [0.2, 0.25) is 0 Å². The highest BCUT2D eigenvalue weighted by Crippen LogP contribution is 2.62. The van der Waals surface area contributed by atoms with Crippen molar-refractivity contribution in [1.82, 2.24) is 20.2 Å². The van der Waals surface area contributed by atoms with Crippen molar-refractivity contribution in [3.8, 4) is 11.4 Å². The standard InChI is InChI=1S/C15H18BrN5/c1-9-12(6-11(16)7-13(9)17)14-18-19-20-21(14)8-15(4-5-15)10-2-3-10/h6-7,10H,2-5,8,17H2,1H3. The van der Waals surface area contributed by atoms with Gasteiger partial charge in [0.1, 0.15) is 0 Å². The first kappa shape index (κ1) is 13.2. The summed E-state index contributed by atoms with van der Waals surface area (Å²) in [6.45, 7) is 2.95. The number of rotatable bonds is 4. The highest BCUT2D eigenvalue weighted by molar-refractivity contribution is 9.10. The molecule has 0 unspecified atom stereocenters. The molecule has 4 rings (SSSR count). The highest BCUT2D eigenvalue weighted by atomic mass is 79.9. The highest BCUT2D eigenvalue weighted by Gasteiger charge is 2.54. The van der Waals surface area contributed by atoms with Crippen LogP contribution in [0, 0.1) is 18.3 Å². The van der Waals surface area contributed by atoms with E-state index in [9.17, 15) is 0 Å². The van der Waals surface area contributed by atoms with Crippen molar-refractivity contribution >= 4 is 21.6 Å². The second-order valence-electron chi connectivity index (χ2n) is 6.46. The molecule has 2 N–H and O–H groups in total. The molecule has 2 aromatic rings. The maximum atomic E-state index is 6.07. The SMILES string of the molecule is Cc1c(N)cc(Br)cc1-c1nnnn1CC1(C2CC2)CC1. The van der Waals surface area contributed by atoms with Crippen molar-refractivity contribution < 1.29 is 0 Å². The van der Waals surface area contributed by atoms with Gasteiger partial charge in [0, 0.05) is 15.7 Å². The number of hydrogen-bond acceptors (Lipinski definition) is 4. The molecule has 110 valence electrons. The number of anilines is 1. The average molecular weight is 348 g/mol. The summed E-state index contributed by atoms with van der Waals surface area (Å²) in [5.41, 5.74) is 9.34. The Balaban J connectivity index is 1.72. The molecular formula is C15H18BrN5. The third-order valence-electron chi connectivity index (χ3n) is 4.99. The van der Waals surface area contributed by atoms with Crippen LogP contribution >= 0.6 is 15.9 Å². The second-order valence-corrected chi connectivity index (χ2v) is 7.38. The van der Waals surface area contributed by atoms with E-state index in [0.29, 0.717) is 5.41 Å². The van der Waals surface area contributed by atoms with E-state index in [1.165, 1.54) is 25.7 Å². The topological polar surface area (TPSA) is 69.6 Å². The number of nitrogens with zero attached hydrogens (tertiary/aromatic N) is 4. The molecule has 0 atom stereocenters. The largest absolute Gasteiger partial charge is 0.398 e. The van der Waals surface area contributed by atoms with Gasteiger partial charge < -0.3 is 5.73 Å². The lowest BCUT2D eigenvalue weighted by Crippen LogP contribution is -2.16. The zero-order valence-corrected chi connectivity index (χ0v) is 13.6. The number of hydrogen-bond donors (Lipinski definition) is 1. The van der Waals surface area contributed by atoms with E-state index in [-0.39, 0.29) is 0 Å². The summed E-state index contributed by atoms with van der Waals surface area (Å²) < 4.78 is 2.93. The minimum absolute atomic E-state index is 0.468. The smallest absolute Gasteiger partial charge is 0.182 e. The Labute approximate surface area is 132 Å². The predicted octanol–water partition coefficient (Wildman–Crippen LogP) is 3.18. The Morgan fingerprint density at radius 1 is 1.38 bits per heavy atom. The average Bonchev–Trinajstić information content (AvgIpc) is 3.33. The van der Waals surface area contributed by atoms with Gasteiger partial charge in [-0.15, -0.1) is 5.10 Å². The fraction of sp³-hybridized carbons (Fsp3) is 0.533. The Hall–Kier alpha value is -1.43. The van der Waals surface area contributed by atoms with Crippen LogP contribution in [0.5, 0.6) is 0 Å². The third-order valence-corrected chi connectivity index (χ3v) is 5.44. The molecule has 1 aromatic carbocycles. The first-order valence-electron chi connectivity index (χ1n) is 7.41. The van der Waals surface area contributed by atoms with E-state index in [2.05, 4.69) is 31.5 Å². The van der Waals surface area contributed by atoms with Gasteiger partial charge in [0.15, 0.2) is 5.82 Å². The minimum atomic E-state index is 0.468. The van der Waals surface area contributed by atoms with Crippen molar-refractivity contribution in [2.24, 2.45) is 11.3 Å². The zero-order chi connectivity index (χ0) is 14.6. The molecule has 0 saturated heterocycles. The number of nitrogen functional groups attached to an aromatic ring is 1. The van der Waals surface area contributed by atoms with E-state index in [1.54, 1.807) is 0 Å². The lowest BCUT2D eigenvalue weighted by atomic mass is 10.0. The molecule has 1 aromatic heterocycles. The second kappa shape index (κ2) is 4.53. The quantitative estimate of drug-likeness (QED) is 0.862. The van der Waals surface area contributed by atoms with Crippen LogP contribution in [0.4, 0.5) is 5.69 Å². The van der Waals surface area contributed by atoms with E-state index in [4.69, 9.17) is 5.73 Å². The molecule has 6 heteroatoms. The first-order chi connectivity index (χ1) is 10.1. The molecule has 5 nitrogen and oxygen atoms in total. The first-order valence-corrected chi connectivity index (χ1v) is 8.20. The number of aromatic nitrogens is 4. The fourth-order valence-corrected chi connectivity index (χ4v) is 3.76. The van der Waals surface area contributed by atoms with Crippen LogP contribution in [0.1, 0.15) is 31.2 Å². The van der Waals surface area contributed by atoms with E-state index in [0.717, 1.165) is 39.6 Å². The van der Waals surface area contributed by atoms with Crippen molar-refractivity contribution in [2.75, 3.05) is 5.73 Å². The van der Waals surface area contributed by atoms with Crippen LogP contribution in [0.15, 0.2) is 16.6 Å². The predicted molar refractivity (Wildman–Crippen MR) is 84.5 cm³/mol. The molecule has 0 aliphatic heterocycles. The van der Waals surface area contributed by atoms with Gasteiger partial charge in [-0.2, -0.15) is 0 Å². The minimum Gasteiger partial charge on any atom is -0.398 e. The summed E-state index contributed by atoms with van der Waals surface area (Å²) in [6, 6.07) is 3.96. The summed E-state index contributed by atoms with van der Waals surface area (Å²) in [5, 5.41) is 12.4. The summed E-state index contributed by atoms with van der Waals surface area (Å²) in [6.07, 6.45) is 5.38. The molecule has 2 aliphatic carbocycles. The normalized spacial score (nSPS) is 19.7. The molecule has 21 heavy (non-hydrogen) atoms. The number of tetrazole rings is 1. The van der Waals surface area contributed by atoms with Crippen molar-refractivity contribution in [1.29, 1.82) is 0 Å². The molecular weight excluding hydrogens is 330 g/mol. The maximum Gasteiger partial charge on any atom is 0.182 e. The van der Waals surface area contributed by atoms with Crippen LogP contribution in [-0.4, -0.2) is 20.2 Å². The molecule has 0 radical (unpaired) electrons. The van der Waals surface area contributed by atoms with Crippen molar-refractivity contribution in [2.45, 2.75) is 39.2 Å². The zero-order valence-electron chi connectivity index (χ0n) is 12.0. The molecule has 2 saturated carbocycles. The number of nitrogens with two attached hydrogens (primary N) is 1. The molecule has 0 bridgehead atoms. The summed E-state index contributed by atoms with van der Waals surface area (Å²) in [4.78, 5) is 0. The van der Waals surface area contributed by atoms with Gasteiger partial charge in [0.25, 0.3) is 0 Å². The Bertz CT molecular complexity index is 700. The van der Waals surface area contributed by atoms with Crippen LogP contribution in [-0.2, 0) is 6.54 Å². The Kier molecular flexibility index (Phi) is 2.86. The summed E-state index contributed by atoms with van der Waals surface area (Å²) >= 11 is 3.51. The third kappa shape index (κ3) is 2.25. The van der Waals surface area contributed by atoms with Crippen LogP contribution in [0.3, 0.4) is 0 Å². The Morgan fingerprint density at radius 2 is 2.14 bits per heavy atom. The molecule has 2 fully saturated rings. The molecule has 0 spiro atoms. The Morgan fingerprint density at radius 3 is 2.81 bits per heavy atom. The van der Waals surface area contributed by atoms with E-state index < -0.39 is 0 Å². The number of halogens is 1. The molecule has 2 aliphatic rings. The van der Waals surface area contributed by atoms with Gasteiger partial charge in [-0.3, -0.25) is 0 Å². The van der Waals surface area contributed by atoms with Gasteiger partial charge in [-0.05, 0) is 72.1 Å².